The van der Waals surface area contributed by atoms with Gasteiger partial charge in [-0.05, 0) is 11.6 Å². The molecule has 0 unspecified atom stereocenters. The molecule has 0 spiro atoms. The zero-order valence-corrected chi connectivity index (χ0v) is 10.9. The van der Waals surface area contributed by atoms with Crippen molar-refractivity contribution in [3.05, 3.63) is 54.1 Å². The van der Waals surface area contributed by atoms with Crippen LogP contribution in [-0.2, 0) is 4.84 Å². The average molecular weight is 292 g/mol. The molecule has 1 aromatic rings. The van der Waals surface area contributed by atoms with E-state index in [4.69, 9.17) is 39.6 Å². The number of hydroxylamine groups is 1. The molecular weight excluding hydrogens is 282 g/mol. The third-order valence-corrected chi connectivity index (χ3v) is 2.56. The summed E-state index contributed by atoms with van der Waals surface area (Å²) in [5, 5.41) is 1.35. The molecule has 1 aliphatic heterocycles. The summed E-state index contributed by atoms with van der Waals surface area (Å²) in [7, 11) is 0. The monoisotopic (exact) mass is 290 g/mol. The van der Waals surface area contributed by atoms with Crippen molar-refractivity contribution in [3.8, 4) is 0 Å². The lowest BCUT2D eigenvalue weighted by Crippen LogP contribution is -2.23. The Morgan fingerprint density at radius 2 is 1.88 bits per heavy atom. The quantitative estimate of drug-likeness (QED) is 0.842. The predicted octanol–water partition coefficient (Wildman–Crippen LogP) is 3.62. The fraction of sp³-hybridized carbons (Fsp3) is 0.0909. The van der Waals surface area contributed by atoms with Crippen LogP contribution in [0, 0.1) is 0 Å². The van der Waals surface area contributed by atoms with Gasteiger partial charge in [0.2, 0.25) is 5.76 Å². The molecule has 0 radical (unpaired) electrons. The molecule has 1 aliphatic rings. The molecule has 1 heterocycles. The number of allylic oxidation sites excluding steroid dienone is 1. The Kier molecular flexibility index (Phi) is 3.72. The number of nitrogens with one attached hydrogen (secondary N) is 1. The number of alkyl halides is 3. The maximum absolute atomic E-state index is 5.67. The maximum atomic E-state index is 5.67. The Morgan fingerprint density at radius 1 is 1.18 bits per heavy atom. The molecule has 17 heavy (non-hydrogen) atoms. The second kappa shape index (κ2) is 5.08. The van der Waals surface area contributed by atoms with Gasteiger partial charge >= 0.3 is 0 Å². The zero-order valence-electron chi connectivity index (χ0n) is 8.61. The van der Waals surface area contributed by atoms with Gasteiger partial charge in [-0.15, -0.1) is 5.17 Å². The van der Waals surface area contributed by atoms with Crippen molar-refractivity contribution in [3.63, 3.8) is 0 Å². The third-order valence-electron chi connectivity index (χ3n) is 2.00. The van der Waals surface area contributed by atoms with Gasteiger partial charge in [0.05, 0.1) is 12.4 Å². The van der Waals surface area contributed by atoms with E-state index in [0.717, 1.165) is 5.56 Å². The fourth-order valence-corrected chi connectivity index (χ4v) is 1.47. The van der Waals surface area contributed by atoms with Crippen molar-refractivity contribution in [1.29, 1.82) is 0 Å². The molecule has 0 saturated heterocycles. The van der Waals surface area contributed by atoms with E-state index in [2.05, 4.69) is 5.43 Å². The molecule has 2 rings (SSSR count). The van der Waals surface area contributed by atoms with Crippen LogP contribution in [0.4, 0.5) is 0 Å². The minimum atomic E-state index is -1.57. The van der Waals surface area contributed by atoms with Gasteiger partial charge in [-0.2, -0.15) is 0 Å². The summed E-state index contributed by atoms with van der Waals surface area (Å²) >= 11 is 17.0. The highest BCUT2D eigenvalue weighted by molar-refractivity contribution is 6.69. The highest BCUT2D eigenvalue weighted by atomic mass is 35.6. The number of nitrogens with zero attached hydrogens (tertiary/aromatic N) is 1. The number of halogens is 3. The fourth-order valence-electron chi connectivity index (χ4n) is 1.21. The zero-order chi connectivity index (χ0) is 12.3. The summed E-state index contributed by atoms with van der Waals surface area (Å²) in [5.41, 5.74) is 3.83. The van der Waals surface area contributed by atoms with Gasteiger partial charge in [0, 0.05) is 0 Å². The summed E-state index contributed by atoms with van der Waals surface area (Å²) in [6.07, 6.45) is 5.04. The van der Waals surface area contributed by atoms with E-state index in [1.807, 2.05) is 36.4 Å². The van der Waals surface area contributed by atoms with Crippen molar-refractivity contribution in [2.24, 2.45) is 0 Å². The van der Waals surface area contributed by atoms with Crippen LogP contribution in [0.3, 0.4) is 0 Å². The topological polar surface area (TPSA) is 24.5 Å². The molecular formula is C11H9Cl3N2O. The van der Waals surface area contributed by atoms with E-state index in [-0.39, 0.29) is 5.76 Å². The van der Waals surface area contributed by atoms with Gasteiger partial charge in [-0.1, -0.05) is 65.1 Å². The Labute approximate surface area is 114 Å². The van der Waals surface area contributed by atoms with Crippen LogP contribution in [0.5, 0.6) is 0 Å². The standard InChI is InChI=1S/C11H9Cl3N2O/c12-11(13,14)10-8-15-16(17-10)7-6-9-4-2-1-3-5-9/h1-8,15H. The first-order valence-electron chi connectivity index (χ1n) is 4.80. The van der Waals surface area contributed by atoms with E-state index in [9.17, 15) is 0 Å². The minimum absolute atomic E-state index is 0.222. The van der Waals surface area contributed by atoms with Crippen LogP contribution in [0.15, 0.2) is 48.5 Å². The highest BCUT2D eigenvalue weighted by Gasteiger charge is 2.32. The third kappa shape index (κ3) is 3.46. The van der Waals surface area contributed by atoms with Gasteiger partial charge in [0.25, 0.3) is 3.79 Å². The van der Waals surface area contributed by atoms with E-state index < -0.39 is 3.79 Å². The van der Waals surface area contributed by atoms with Crippen LogP contribution in [0.25, 0.3) is 6.08 Å². The van der Waals surface area contributed by atoms with E-state index in [1.165, 1.54) is 11.4 Å². The van der Waals surface area contributed by atoms with Gasteiger partial charge in [0.1, 0.15) is 0 Å². The second-order valence-corrected chi connectivity index (χ2v) is 5.56. The van der Waals surface area contributed by atoms with E-state index in [1.54, 1.807) is 6.20 Å². The highest BCUT2D eigenvalue weighted by Crippen LogP contribution is 2.36. The Hall–Kier alpha value is -1.03. The summed E-state index contributed by atoms with van der Waals surface area (Å²) in [6.45, 7) is 0. The van der Waals surface area contributed by atoms with Gasteiger partial charge < -0.3 is 4.84 Å². The first-order valence-corrected chi connectivity index (χ1v) is 5.93. The Balaban J connectivity index is 1.94. The number of rotatable bonds is 2. The van der Waals surface area contributed by atoms with Crippen molar-refractivity contribution in [1.82, 2.24) is 10.6 Å². The molecule has 0 aromatic heterocycles. The van der Waals surface area contributed by atoms with Crippen molar-refractivity contribution in [2.45, 2.75) is 3.79 Å². The molecule has 0 fully saturated rings. The second-order valence-electron chi connectivity index (χ2n) is 3.28. The molecule has 0 saturated carbocycles. The molecule has 1 aromatic carbocycles. The van der Waals surface area contributed by atoms with Crippen LogP contribution in [-0.4, -0.2) is 8.96 Å². The Morgan fingerprint density at radius 3 is 2.47 bits per heavy atom. The molecule has 0 atom stereocenters. The summed E-state index contributed by atoms with van der Waals surface area (Å²) in [6, 6.07) is 9.78. The molecule has 3 nitrogen and oxygen atoms in total. The number of hydrogen-bond donors (Lipinski definition) is 1. The molecule has 0 bridgehead atoms. The van der Waals surface area contributed by atoms with Crippen molar-refractivity contribution >= 4 is 40.9 Å². The predicted molar refractivity (Wildman–Crippen MR) is 69.9 cm³/mol. The van der Waals surface area contributed by atoms with Gasteiger partial charge in [0.15, 0.2) is 0 Å². The lowest BCUT2D eigenvalue weighted by molar-refractivity contribution is -0.0801. The van der Waals surface area contributed by atoms with E-state index in [0.29, 0.717) is 0 Å². The number of hydrazine groups is 1. The Bertz CT molecular complexity index is 440. The van der Waals surface area contributed by atoms with Crippen LogP contribution in [0.2, 0.25) is 0 Å². The SMILES string of the molecule is ClC(Cl)(Cl)C1=CNN(C=Cc2ccccc2)O1. The normalized spacial score (nSPS) is 15.7. The van der Waals surface area contributed by atoms with Gasteiger partial charge in [-0.3, -0.25) is 5.43 Å². The van der Waals surface area contributed by atoms with Crippen molar-refractivity contribution in [2.75, 3.05) is 0 Å². The van der Waals surface area contributed by atoms with Crippen LogP contribution < -0.4 is 5.43 Å². The minimum Gasteiger partial charge on any atom is -0.358 e. The lowest BCUT2D eigenvalue weighted by atomic mass is 10.2. The first-order chi connectivity index (χ1) is 8.05. The number of benzene rings is 1. The summed E-state index contributed by atoms with van der Waals surface area (Å²) in [4.78, 5) is 5.25. The van der Waals surface area contributed by atoms with E-state index >= 15 is 0 Å². The summed E-state index contributed by atoms with van der Waals surface area (Å²) in [5.74, 6) is 0.222. The smallest absolute Gasteiger partial charge is 0.252 e. The lowest BCUT2D eigenvalue weighted by Gasteiger charge is -2.15. The van der Waals surface area contributed by atoms with Crippen molar-refractivity contribution < 1.29 is 4.84 Å². The molecule has 90 valence electrons. The maximum Gasteiger partial charge on any atom is 0.252 e. The van der Waals surface area contributed by atoms with Crippen LogP contribution >= 0.6 is 34.8 Å². The average Bonchev–Trinajstić information content (AvgIpc) is 2.76. The molecule has 6 heteroatoms. The molecule has 0 aliphatic carbocycles. The molecule has 0 amide bonds. The first kappa shape index (κ1) is 12.4. The largest absolute Gasteiger partial charge is 0.358 e. The van der Waals surface area contributed by atoms with Crippen LogP contribution in [0.1, 0.15) is 5.56 Å². The van der Waals surface area contributed by atoms with Gasteiger partial charge in [-0.25, -0.2) is 0 Å². The summed E-state index contributed by atoms with van der Waals surface area (Å²) < 4.78 is -1.57. The number of hydrogen-bond acceptors (Lipinski definition) is 3. The molecule has 1 N–H and O–H groups in total.